The Labute approximate surface area is 128 Å². The van der Waals surface area contributed by atoms with Gasteiger partial charge in [-0.1, -0.05) is 11.6 Å². The van der Waals surface area contributed by atoms with Crippen LogP contribution in [0.25, 0.3) is 0 Å². The molecule has 1 unspecified atom stereocenters. The van der Waals surface area contributed by atoms with E-state index in [1.165, 1.54) is 0 Å². The van der Waals surface area contributed by atoms with Crippen LogP contribution in [0.15, 0.2) is 12.1 Å². The van der Waals surface area contributed by atoms with Crippen molar-refractivity contribution >= 4 is 23.0 Å². The molecule has 6 nitrogen and oxygen atoms in total. The molecule has 0 spiro atoms. The van der Waals surface area contributed by atoms with Crippen LogP contribution in [-0.4, -0.2) is 37.4 Å². The highest BCUT2D eigenvalue weighted by atomic mass is 35.5. The topological polar surface area (TPSA) is 73.6 Å². The minimum Gasteiger partial charge on any atom is -0.377 e. The zero-order chi connectivity index (χ0) is 16.3. The summed E-state index contributed by atoms with van der Waals surface area (Å²) in [7, 11) is 0. The van der Waals surface area contributed by atoms with Crippen LogP contribution >= 0.6 is 11.6 Å². The van der Waals surface area contributed by atoms with Gasteiger partial charge in [0.15, 0.2) is 0 Å². The third-order valence-corrected chi connectivity index (χ3v) is 3.31. The summed E-state index contributed by atoms with van der Waals surface area (Å²) in [5, 5.41) is 13.0. The Hall–Kier alpha value is -1.58. The summed E-state index contributed by atoms with van der Waals surface area (Å²) in [6.07, 6.45) is -5.10. The van der Waals surface area contributed by atoms with Gasteiger partial charge in [0.25, 0.3) is 5.69 Å². The van der Waals surface area contributed by atoms with Crippen LogP contribution in [0.3, 0.4) is 0 Å². The number of hydrogen-bond donors (Lipinski definition) is 1. The van der Waals surface area contributed by atoms with Gasteiger partial charge in [0.05, 0.1) is 41.4 Å². The van der Waals surface area contributed by atoms with E-state index in [4.69, 9.17) is 21.1 Å². The molecule has 1 aromatic rings. The van der Waals surface area contributed by atoms with Crippen LogP contribution in [0, 0.1) is 10.1 Å². The van der Waals surface area contributed by atoms with Crippen molar-refractivity contribution in [3.8, 4) is 0 Å². The smallest absolute Gasteiger partial charge is 0.377 e. The van der Waals surface area contributed by atoms with Crippen LogP contribution in [0.5, 0.6) is 0 Å². The summed E-state index contributed by atoms with van der Waals surface area (Å²) < 4.78 is 48.7. The number of hydrogen-bond acceptors (Lipinski definition) is 5. The molecule has 122 valence electrons. The summed E-state index contributed by atoms with van der Waals surface area (Å²) >= 11 is 5.57. The van der Waals surface area contributed by atoms with Gasteiger partial charge in [-0.05, 0) is 6.07 Å². The fraction of sp³-hybridized carbons (Fsp3) is 0.500. The normalized spacial score (nSPS) is 19.0. The maximum atomic E-state index is 12.7. The molecule has 1 aliphatic heterocycles. The first-order valence-electron chi connectivity index (χ1n) is 6.27. The molecule has 0 aromatic heterocycles. The summed E-state index contributed by atoms with van der Waals surface area (Å²) in [6, 6.07) is 1.31. The second-order valence-electron chi connectivity index (χ2n) is 4.55. The molecule has 1 aliphatic rings. The first-order valence-corrected chi connectivity index (χ1v) is 6.65. The lowest BCUT2D eigenvalue weighted by atomic mass is 10.1. The summed E-state index contributed by atoms with van der Waals surface area (Å²) in [4.78, 5) is 10.1. The summed E-state index contributed by atoms with van der Waals surface area (Å²) in [5.41, 5.74) is -2.05. The predicted octanol–water partition coefficient (Wildman–Crippen LogP) is 3.09. The lowest BCUT2D eigenvalue weighted by molar-refractivity contribution is -0.384. The fourth-order valence-corrected chi connectivity index (χ4v) is 2.22. The summed E-state index contributed by atoms with van der Waals surface area (Å²) in [6.45, 7) is 1.31. The molecule has 0 bridgehead atoms. The van der Waals surface area contributed by atoms with Crippen molar-refractivity contribution in [3.63, 3.8) is 0 Å². The Morgan fingerprint density at radius 3 is 2.68 bits per heavy atom. The molecule has 0 amide bonds. The third kappa shape index (κ3) is 3.99. The largest absolute Gasteiger partial charge is 0.418 e. The maximum Gasteiger partial charge on any atom is 0.418 e. The molecule has 0 aliphatic carbocycles. The second-order valence-corrected chi connectivity index (χ2v) is 4.96. The number of nitro benzene ring substituents is 1. The van der Waals surface area contributed by atoms with Gasteiger partial charge in [0.1, 0.15) is 5.69 Å². The molecule has 0 saturated carbocycles. The van der Waals surface area contributed by atoms with E-state index in [1.54, 1.807) is 0 Å². The fourth-order valence-electron chi connectivity index (χ4n) is 1.95. The van der Waals surface area contributed by atoms with Crippen molar-refractivity contribution in [1.29, 1.82) is 0 Å². The lowest BCUT2D eigenvalue weighted by Crippen LogP contribution is -2.34. The van der Waals surface area contributed by atoms with Gasteiger partial charge in [-0.3, -0.25) is 10.1 Å². The number of anilines is 1. The Morgan fingerprint density at radius 2 is 2.14 bits per heavy atom. The van der Waals surface area contributed by atoms with E-state index in [2.05, 4.69) is 5.32 Å². The number of nitro groups is 1. The SMILES string of the molecule is O=[N+]([O-])c1cc(C(F)(F)F)c(Cl)cc1NCC1COCCO1. The quantitative estimate of drug-likeness (QED) is 0.673. The van der Waals surface area contributed by atoms with Gasteiger partial charge in [0.2, 0.25) is 0 Å². The van der Waals surface area contributed by atoms with Crippen LogP contribution < -0.4 is 5.32 Å². The molecular weight excluding hydrogens is 329 g/mol. The van der Waals surface area contributed by atoms with E-state index in [-0.39, 0.29) is 18.3 Å². The number of benzene rings is 1. The minimum atomic E-state index is -4.76. The van der Waals surface area contributed by atoms with Gasteiger partial charge < -0.3 is 14.8 Å². The van der Waals surface area contributed by atoms with Crippen LogP contribution in [0.2, 0.25) is 5.02 Å². The molecule has 1 atom stereocenters. The zero-order valence-electron chi connectivity index (χ0n) is 11.2. The number of halogens is 4. The molecule has 1 aromatic carbocycles. The maximum absolute atomic E-state index is 12.7. The van der Waals surface area contributed by atoms with Crippen molar-refractivity contribution in [1.82, 2.24) is 0 Å². The number of alkyl halides is 3. The molecule has 10 heteroatoms. The van der Waals surface area contributed by atoms with E-state index in [1.807, 2.05) is 0 Å². The Bertz CT molecular complexity index is 562. The average Bonchev–Trinajstić information content (AvgIpc) is 2.44. The molecule has 0 radical (unpaired) electrons. The van der Waals surface area contributed by atoms with Gasteiger partial charge in [-0.15, -0.1) is 0 Å². The van der Waals surface area contributed by atoms with E-state index < -0.39 is 27.4 Å². The van der Waals surface area contributed by atoms with Gasteiger partial charge in [0, 0.05) is 12.6 Å². The first-order chi connectivity index (χ1) is 10.3. The van der Waals surface area contributed by atoms with E-state index in [9.17, 15) is 23.3 Å². The van der Waals surface area contributed by atoms with Crippen molar-refractivity contribution in [2.45, 2.75) is 12.3 Å². The minimum absolute atomic E-state index is 0.0998. The molecule has 1 heterocycles. The number of nitrogens with one attached hydrogen (secondary N) is 1. The van der Waals surface area contributed by atoms with Gasteiger partial charge >= 0.3 is 6.18 Å². The molecule has 2 rings (SSSR count). The number of rotatable bonds is 4. The van der Waals surface area contributed by atoms with Gasteiger partial charge in [-0.2, -0.15) is 13.2 Å². The molecular formula is C12H12ClF3N2O4. The van der Waals surface area contributed by atoms with Crippen molar-refractivity contribution in [2.24, 2.45) is 0 Å². The highest BCUT2D eigenvalue weighted by Crippen LogP contribution is 2.40. The van der Waals surface area contributed by atoms with Gasteiger partial charge in [-0.25, -0.2) is 0 Å². The van der Waals surface area contributed by atoms with E-state index in [0.717, 1.165) is 6.07 Å². The molecule has 1 saturated heterocycles. The predicted molar refractivity (Wildman–Crippen MR) is 72.2 cm³/mol. The average molecular weight is 341 g/mol. The Balaban J connectivity index is 2.22. The van der Waals surface area contributed by atoms with Crippen molar-refractivity contribution < 1.29 is 27.6 Å². The van der Waals surface area contributed by atoms with Crippen LogP contribution in [0.1, 0.15) is 5.56 Å². The number of ether oxygens (including phenoxy) is 2. The third-order valence-electron chi connectivity index (χ3n) is 2.99. The number of nitrogens with zero attached hydrogens (tertiary/aromatic N) is 1. The Kier molecular flexibility index (Phi) is 5.09. The molecule has 1 fully saturated rings. The van der Waals surface area contributed by atoms with Crippen LogP contribution in [-0.2, 0) is 15.7 Å². The van der Waals surface area contributed by atoms with E-state index >= 15 is 0 Å². The first kappa shape index (κ1) is 16.8. The Morgan fingerprint density at radius 1 is 1.41 bits per heavy atom. The van der Waals surface area contributed by atoms with Crippen molar-refractivity contribution in [3.05, 3.63) is 32.8 Å². The zero-order valence-corrected chi connectivity index (χ0v) is 11.9. The highest BCUT2D eigenvalue weighted by molar-refractivity contribution is 6.31. The van der Waals surface area contributed by atoms with Crippen molar-refractivity contribution in [2.75, 3.05) is 31.7 Å². The van der Waals surface area contributed by atoms with Crippen LogP contribution in [0.4, 0.5) is 24.5 Å². The molecule has 22 heavy (non-hydrogen) atoms. The van der Waals surface area contributed by atoms with E-state index in [0.29, 0.717) is 25.9 Å². The monoisotopic (exact) mass is 340 g/mol. The molecule has 1 N–H and O–H groups in total. The second kappa shape index (κ2) is 6.67. The standard InChI is InChI=1S/C12H12ClF3N2O4/c13-9-4-10(17-5-7-6-21-1-2-22-7)11(18(19)20)3-8(9)12(14,15)16/h3-4,7,17H,1-2,5-6H2. The summed E-state index contributed by atoms with van der Waals surface area (Å²) in [5.74, 6) is 0. The lowest BCUT2D eigenvalue weighted by Gasteiger charge is -2.23. The highest BCUT2D eigenvalue weighted by Gasteiger charge is 2.36.